The maximum absolute atomic E-state index is 6.25. The molecule has 0 N–H and O–H groups in total. The van der Waals surface area contributed by atoms with Crippen LogP contribution in [-0.4, -0.2) is 4.98 Å². The summed E-state index contributed by atoms with van der Waals surface area (Å²) in [6.45, 7) is 8.59. The topological polar surface area (TPSA) is 35.3 Å². The number of rotatable bonds is 2. The van der Waals surface area contributed by atoms with Crippen LogP contribution in [0.5, 0.6) is 11.5 Å². The molecule has 150 valence electrons. The highest BCUT2D eigenvalue weighted by Crippen LogP contribution is 2.49. The van der Waals surface area contributed by atoms with Crippen molar-refractivity contribution in [3.05, 3.63) is 101 Å². The summed E-state index contributed by atoms with van der Waals surface area (Å²) >= 11 is 0. The Balaban J connectivity index is 1.68. The molecule has 3 aromatic carbocycles. The SMILES string of the molecule is Cc1nc(-c2ccc(C(C)(C)C)cc2)c(C2c3ccccc3Oc3ccccc32)o1. The van der Waals surface area contributed by atoms with Crippen LogP contribution in [0.15, 0.2) is 77.2 Å². The number of benzene rings is 3. The molecule has 1 aliphatic rings. The van der Waals surface area contributed by atoms with Crippen LogP contribution < -0.4 is 4.74 Å². The zero-order valence-electron chi connectivity index (χ0n) is 17.8. The van der Waals surface area contributed by atoms with Gasteiger partial charge in [0.15, 0.2) is 5.89 Å². The maximum Gasteiger partial charge on any atom is 0.191 e. The highest BCUT2D eigenvalue weighted by molar-refractivity contribution is 5.67. The van der Waals surface area contributed by atoms with Crippen LogP contribution in [0.4, 0.5) is 0 Å². The Morgan fingerprint density at radius 3 is 1.90 bits per heavy atom. The van der Waals surface area contributed by atoms with Crippen molar-refractivity contribution in [3.63, 3.8) is 0 Å². The third-order valence-corrected chi connectivity index (χ3v) is 5.73. The number of aryl methyl sites for hydroxylation is 1. The van der Waals surface area contributed by atoms with Gasteiger partial charge in [-0.25, -0.2) is 4.98 Å². The van der Waals surface area contributed by atoms with Crippen LogP contribution in [0.25, 0.3) is 11.3 Å². The Bertz CT molecular complexity index is 1170. The van der Waals surface area contributed by atoms with E-state index in [0.29, 0.717) is 5.89 Å². The van der Waals surface area contributed by atoms with Crippen molar-refractivity contribution in [3.8, 4) is 22.8 Å². The first-order valence-electron chi connectivity index (χ1n) is 10.4. The molecule has 3 nitrogen and oxygen atoms in total. The number of hydrogen-bond acceptors (Lipinski definition) is 3. The quantitative estimate of drug-likeness (QED) is 0.316. The van der Waals surface area contributed by atoms with Gasteiger partial charge in [0.2, 0.25) is 0 Å². The third kappa shape index (κ3) is 3.11. The van der Waals surface area contributed by atoms with Gasteiger partial charge < -0.3 is 9.15 Å². The van der Waals surface area contributed by atoms with Gasteiger partial charge in [-0.2, -0.15) is 0 Å². The number of oxazole rings is 1. The van der Waals surface area contributed by atoms with Crippen molar-refractivity contribution >= 4 is 0 Å². The molecule has 4 aromatic rings. The second-order valence-electron chi connectivity index (χ2n) is 8.88. The number of fused-ring (bicyclic) bond motifs is 2. The third-order valence-electron chi connectivity index (χ3n) is 5.73. The van der Waals surface area contributed by atoms with Crippen LogP contribution in [0.1, 0.15) is 55.0 Å². The van der Waals surface area contributed by atoms with E-state index < -0.39 is 0 Å². The van der Waals surface area contributed by atoms with Crippen molar-refractivity contribution in [1.82, 2.24) is 4.98 Å². The van der Waals surface area contributed by atoms with Crippen LogP contribution in [0, 0.1) is 6.92 Å². The van der Waals surface area contributed by atoms with Gasteiger partial charge >= 0.3 is 0 Å². The van der Waals surface area contributed by atoms with Crippen LogP contribution >= 0.6 is 0 Å². The fraction of sp³-hybridized carbons (Fsp3) is 0.222. The van der Waals surface area contributed by atoms with Crippen molar-refractivity contribution < 1.29 is 9.15 Å². The molecule has 30 heavy (non-hydrogen) atoms. The Morgan fingerprint density at radius 2 is 1.33 bits per heavy atom. The summed E-state index contributed by atoms with van der Waals surface area (Å²) < 4.78 is 12.4. The average molecular weight is 396 g/mol. The molecule has 0 fully saturated rings. The second kappa shape index (κ2) is 6.88. The molecule has 5 rings (SSSR count). The van der Waals surface area contributed by atoms with Gasteiger partial charge in [0.25, 0.3) is 0 Å². The van der Waals surface area contributed by atoms with Gasteiger partial charge in [-0.15, -0.1) is 0 Å². The van der Waals surface area contributed by atoms with E-state index in [4.69, 9.17) is 14.1 Å². The predicted octanol–water partition coefficient (Wildman–Crippen LogP) is 7.23. The van der Waals surface area contributed by atoms with E-state index in [1.165, 1.54) is 5.56 Å². The van der Waals surface area contributed by atoms with E-state index in [9.17, 15) is 0 Å². The van der Waals surface area contributed by atoms with Crippen LogP contribution in [0.2, 0.25) is 0 Å². The summed E-state index contributed by atoms with van der Waals surface area (Å²) in [6, 6.07) is 25.0. The second-order valence-corrected chi connectivity index (χ2v) is 8.88. The first-order chi connectivity index (χ1) is 14.4. The van der Waals surface area contributed by atoms with E-state index in [0.717, 1.165) is 39.6 Å². The van der Waals surface area contributed by atoms with Crippen molar-refractivity contribution in [1.29, 1.82) is 0 Å². The lowest BCUT2D eigenvalue weighted by Crippen LogP contribution is -2.12. The summed E-state index contributed by atoms with van der Waals surface area (Å²) in [5, 5.41) is 0. The van der Waals surface area contributed by atoms with Crippen molar-refractivity contribution in [2.24, 2.45) is 0 Å². The minimum Gasteiger partial charge on any atom is -0.457 e. The molecule has 3 heteroatoms. The molecule has 0 aliphatic carbocycles. The largest absolute Gasteiger partial charge is 0.457 e. The molecule has 0 atom stereocenters. The molecule has 0 spiro atoms. The zero-order valence-corrected chi connectivity index (χ0v) is 17.8. The van der Waals surface area contributed by atoms with Crippen LogP contribution in [0.3, 0.4) is 0 Å². The molecule has 1 aliphatic heterocycles. The molecule has 0 bridgehead atoms. The van der Waals surface area contributed by atoms with E-state index in [1.54, 1.807) is 0 Å². The van der Waals surface area contributed by atoms with Gasteiger partial charge in [0.1, 0.15) is 23.0 Å². The Kier molecular flexibility index (Phi) is 4.28. The lowest BCUT2D eigenvalue weighted by Gasteiger charge is -2.27. The lowest BCUT2D eigenvalue weighted by atomic mass is 9.83. The molecule has 0 unspecified atom stereocenters. The monoisotopic (exact) mass is 395 g/mol. The fourth-order valence-electron chi connectivity index (χ4n) is 4.17. The van der Waals surface area contributed by atoms with E-state index >= 15 is 0 Å². The summed E-state index contributed by atoms with van der Waals surface area (Å²) in [5.74, 6) is 3.19. The Morgan fingerprint density at radius 1 is 0.767 bits per heavy atom. The van der Waals surface area contributed by atoms with Gasteiger partial charge in [0, 0.05) is 23.6 Å². The number of para-hydroxylation sites is 2. The maximum atomic E-state index is 6.25. The summed E-state index contributed by atoms with van der Waals surface area (Å²) in [5.41, 5.74) is 5.56. The van der Waals surface area contributed by atoms with Gasteiger partial charge in [-0.05, 0) is 23.1 Å². The van der Waals surface area contributed by atoms with Gasteiger partial charge in [0.05, 0.1) is 5.92 Å². The van der Waals surface area contributed by atoms with E-state index in [1.807, 2.05) is 43.3 Å². The normalized spacial score (nSPS) is 13.5. The number of ether oxygens (including phenoxy) is 1. The summed E-state index contributed by atoms with van der Waals surface area (Å²) in [7, 11) is 0. The lowest BCUT2D eigenvalue weighted by molar-refractivity contribution is 0.425. The Labute approximate surface area is 177 Å². The molecule has 0 saturated carbocycles. The minimum atomic E-state index is -0.0651. The molecule has 0 radical (unpaired) electrons. The molecule has 2 heterocycles. The fourth-order valence-corrected chi connectivity index (χ4v) is 4.17. The van der Waals surface area contributed by atoms with Crippen molar-refractivity contribution in [2.45, 2.75) is 39.0 Å². The summed E-state index contributed by atoms with van der Waals surface area (Å²) in [6.07, 6.45) is 0. The zero-order chi connectivity index (χ0) is 20.9. The Hall–Kier alpha value is -3.33. The van der Waals surface area contributed by atoms with Gasteiger partial charge in [-0.1, -0.05) is 81.4 Å². The predicted molar refractivity (Wildman–Crippen MR) is 119 cm³/mol. The first kappa shape index (κ1) is 18.7. The van der Waals surface area contributed by atoms with E-state index in [-0.39, 0.29) is 11.3 Å². The molecular formula is C27H25NO2. The minimum absolute atomic E-state index is 0.0651. The average Bonchev–Trinajstić information content (AvgIpc) is 3.12. The number of nitrogens with zero attached hydrogens (tertiary/aromatic N) is 1. The number of aromatic nitrogens is 1. The smallest absolute Gasteiger partial charge is 0.191 e. The van der Waals surface area contributed by atoms with Crippen molar-refractivity contribution in [2.75, 3.05) is 0 Å². The highest BCUT2D eigenvalue weighted by Gasteiger charge is 2.33. The molecular weight excluding hydrogens is 370 g/mol. The number of hydrogen-bond donors (Lipinski definition) is 0. The standard InChI is InChI=1S/C27H25NO2/c1-17-28-25(18-13-15-19(16-14-18)27(2,3)4)26(29-17)24-20-9-5-7-11-22(20)30-23-12-8-6-10-21(23)24/h5-16,24H,1-4H3. The molecule has 0 saturated heterocycles. The molecule has 1 aromatic heterocycles. The highest BCUT2D eigenvalue weighted by atomic mass is 16.5. The molecule has 0 amide bonds. The van der Waals surface area contributed by atoms with Gasteiger partial charge in [-0.3, -0.25) is 0 Å². The first-order valence-corrected chi connectivity index (χ1v) is 10.4. The van der Waals surface area contributed by atoms with E-state index in [2.05, 4.69) is 57.2 Å². The summed E-state index contributed by atoms with van der Waals surface area (Å²) in [4.78, 5) is 4.79. The van der Waals surface area contributed by atoms with Crippen LogP contribution in [-0.2, 0) is 5.41 Å².